The number of fused-ring (bicyclic) bond motifs is 2. The summed E-state index contributed by atoms with van der Waals surface area (Å²) < 4.78 is 7.15. The summed E-state index contributed by atoms with van der Waals surface area (Å²) >= 11 is 1.66. The Morgan fingerprint density at radius 1 is 1.36 bits per heavy atom. The van der Waals surface area contributed by atoms with Crippen LogP contribution in [0.2, 0.25) is 0 Å². The van der Waals surface area contributed by atoms with Crippen molar-refractivity contribution in [2.24, 2.45) is 16.3 Å². The first-order chi connectivity index (χ1) is 15.7. The molecule has 0 bridgehead atoms. The van der Waals surface area contributed by atoms with Crippen LogP contribution in [-0.2, 0) is 28.9 Å². The van der Waals surface area contributed by atoms with E-state index in [-0.39, 0.29) is 17.9 Å². The molecule has 1 atom stereocenters. The second kappa shape index (κ2) is 9.15. The van der Waals surface area contributed by atoms with Gasteiger partial charge in [0, 0.05) is 33.3 Å². The number of thiophene rings is 1. The van der Waals surface area contributed by atoms with Crippen molar-refractivity contribution in [3.63, 3.8) is 0 Å². The molecule has 0 saturated heterocycles. The Morgan fingerprint density at radius 2 is 2.12 bits per heavy atom. The highest BCUT2D eigenvalue weighted by Gasteiger charge is 2.32. The number of aromatic nitrogens is 1. The lowest BCUT2D eigenvalue weighted by Gasteiger charge is -2.33. The number of rotatable bonds is 5. The highest BCUT2D eigenvalue weighted by Crippen LogP contribution is 2.45. The lowest BCUT2D eigenvalue weighted by molar-refractivity contribution is -0.143. The van der Waals surface area contributed by atoms with Crippen molar-refractivity contribution < 1.29 is 9.53 Å². The Morgan fingerprint density at radius 3 is 2.82 bits per heavy atom. The van der Waals surface area contributed by atoms with Crippen LogP contribution in [0.5, 0.6) is 0 Å². The van der Waals surface area contributed by atoms with Gasteiger partial charge in [0.1, 0.15) is 17.6 Å². The lowest BCUT2D eigenvalue weighted by atomic mass is 9.72. The van der Waals surface area contributed by atoms with Crippen molar-refractivity contribution in [1.29, 1.82) is 5.26 Å². The van der Waals surface area contributed by atoms with Gasteiger partial charge in [-0.3, -0.25) is 4.79 Å². The molecular weight excluding hydrogens is 430 g/mol. The predicted octanol–water partition coefficient (Wildman–Crippen LogP) is 6.35. The first-order valence-corrected chi connectivity index (χ1v) is 12.4. The Hall–Kier alpha value is -2.91. The third kappa shape index (κ3) is 4.47. The molecule has 5 nitrogen and oxygen atoms in total. The average molecular weight is 462 g/mol. The van der Waals surface area contributed by atoms with Crippen LogP contribution in [0.3, 0.4) is 0 Å². The molecule has 2 heterocycles. The van der Waals surface area contributed by atoms with Crippen molar-refractivity contribution in [2.75, 3.05) is 6.61 Å². The van der Waals surface area contributed by atoms with Gasteiger partial charge in [-0.1, -0.05) is 39.0 Å². The van der Waals surface area contributed by atoms with E-state index in [1.165, 1.54) is 10.4 Å². The summed E-state index contributed by atoms with van der Waals surface area (Å²) in [6.45, 7) is 11.2. The van der Waals surface area contributed by atoms with E-state index in [0.717, 1.165) is 52.0 Å². The predicted molar refractivity (Wildman–Crippen MR) is 135 cm³/mol. The number of aliphatic imine (C=N–C) groups is 1. The van der Waals surface area contributed by atoms with E-state index < -0.39 is 0 Å². The standard InChI is InChI=1S/C27H31N3O2S/c1-6-32-25(31)16-30-17(2)22(19-9-7-8-10-23(19)30)15-29-26-21(14-28)20-12-11-18(27(3,4)5)13-24(20)33-26/h7-10,15,18H,6,11-13,16H2,1-5H3/t18-/m1/s1. The molecule has 4 rings (SSSR count). The summed E-state index contributed by atoms with van der Waals surface area (Å²) in [5.74, 6) is 0.367. The second-order valence-corrected chi connectivity index (χ2v) is 10.9. The van der Waals surface area contributed by atoms with Gasteiger partial charge in [0.05, 0.1) is 12.2 Å². The van der Waals surface area contributed by atoms with Crippen molar-refractivity contribution in [3.8, 4) is 6.07 Å². The third-order valence-electron chi connectivity index (χ3n) is 6.77. The van der Waals surface area contributed by atoms with Crippen molar-refractivity contribution >= 4 is 39.4 Å². The smallest absolute Gasteiger partial charge is 0.325 e. The van der Waals surface area contributed by atoms with Crippen molar-refractivity contribution in [1.82, 2.24) is 4.57 Å². The number of carbonyl (C=O) groups is 1. The lowest BCUT2D eigenvalue weighted by Crippen LogP contribution is -2.26. The van der Waals surface area contributed by atoms with Crippen LogP contribution >= 0.6 is 11.3 Å². The van der Waals surface area contributed by atoms with E-state index in [4.69, 9.17) is 9.73 Å². The Kier molecular flexibility index (Phi) is 6.45. The molecule has 1 aliphatic carbocycles. The summed E-state index contributed by atoms with van der Waals surface area (Å²) in [5.41, 5.74) is 5.08. The van der Waals surface area contributed by atoms with Gasteiger partial charge < -0.3 is 9.30 Å². The molecule has 3 aromatic rings. The fourth-order valence-electron chi connectivity index (χ4n) is 4.80. The van der Waals surface area contributed by atoms with E-state index in [1.54, 1.807) is 11.3 Å². The Labute approximate surface area is 199 Å². The first kappa shape index (κ1) is 23.3. The fraction of sp³-hybridized carbons (Fsp3) is 0.444. The normalized spacial score (nSPS) is 16.2. The molecule has 0 saturated carbocycles. The van der Waals surface area contributed by atoms with Gasteiger partial charge in [-0.25, -0.2) is 4.99 Å². The van der Waals surface area contributed by atoms with Gasteiger partial charge in [0.25, 0.3) is 0 Å². The number of para-hydroxylation sites is 1. The second-order valence-electron chi connectivity index (χ2n) is 9.77. The largest absolute Gasteiger partial charge is 0.465 e. The highest BCUT2D eigenvalue weighted by molar-refractivity contribution is 7.16. The van der Waals surface area contributed by atoms with Gasteiger partial charge in [0.15, 0.2) is 0 Å². The fourth-order valence-corrected chi connectivity index (χ4v) is 6.02. The van der Waals surface area contributed by atoms with Gasteiger partial charge in [0.2, 0.25) is 0 Å². The molecule has 172 valence electrons. The zero-order valence-electron chi connectivity index (χ0n) is 20.1. The summed E-state index contributed by atoms with van der Waals surface area (Å²) in [7, 11) is 0. The van der Waals surface area contributed by atoms with Crippen LogP contribution in [0.25, 0.3) is 10.9 Å². The zero-order chi connectivity index (χ0) is 23.8. The van der Waals surface area contributed by atoms with Crippen LogP contribution in [-0.4, -0.2) is 23.4 Å². The van der Waals surface area contributed by atoms with Crippen molar-refractivity contribution in [2.45, 2.75) is 60.4 Å². The Balaban J connectivity index is 1.72. The number of hydrogen-bond acceptors (Lipinski definition) is 5. The molecule has 0 amide bonds. The molecule has 2 aromatic heterocycles. The van der Waals surface area contributed by atoms with E-state index in [1.807, 2.05) is 48.9 Å². The molecule has 0 aliphatic heterocycles. The summed E-state index contributed by atoms with van der Waals surface area (Å²) in [5, 5.41) is 11.7. The molecule has 1 aromatic carbocycles. The molecule has 0 spiro atoms. The van der Waals surface area contributed by atoms with E-state index in [0.29, 0.717) is 12.5 Å². The number of nitriles is 1. The van der Waals surface area contributed by atoms with Gasteiger partial charge >= 0.3 is 5.97 Å². The van der Waals surface area contributed by atoms with Crippen molar-refractivity contribution in [3.05, 3.63) is 51.5 Å². The quantitative estimate of drug-likeness (QED) is 0.328. The number of nitrogens with zero attached hydrogens (tertiary/aromatic N) is 3. The average Bonchev–Trinajstić information content (AvgIpc) is 3.26. The van der Waals surface area contributed by atoms with Gasteiger partial charge in [-0.2, -0.15) is 5.26 Å². The minimum Gasteiger partial charge on any atom is -0.465 e. The third-order valence-corrected chi connectivity index (χ3v) is 7.93. The molecular formula is C27H31N3O2S. The van der Waals surface area contributed by atoms with Gasteiger partial charge in [-0.05, 0) is 56.1 Å². The molecule has 0 radical (unpaired) electrons. The SMILES string of the molecule is CCOC(=O)Cn1c(C)c(C=Nc2sc3c(c2C#N)CC[C@@H](C(C)(C)C)C3)c2ccccc21. The van der Waals surface area contributed by atoms with Crippen LogP contribution in [0.1, 0.15) is 61.4 Å². The van der Waals surface area contributed by atoms with Crippen LogP contribution in [0.15, 0.2) is 29.3 Å². The summed E-state index contributed by atoms with van der Waals surface area (Å²) in [4.78, 5) is 18.3. The maximum absolute atomic E-state index is 12.2. The highest BCUT2D eigenvalue weighted by atomic mass is 32.1. The molecule has 0 fully saturated rings. The molecule has 0 unspecified atom stereocenters. The number of benzene rings is 1. The number of ether oxygens (including phenoxy) is 1. The maximum atomic E-state index is 12.2. The molecule has 6 heteroatoms. The summed E-state index contributed by atoms with van der Waals surface area (Å²) in [6.07, 6.45) is 4.94. The monoisotopic (exact) mass is 461 g/mol. The van der Waals surface area contributed by atoms with Crippen LogP contribution < -0.4 is 0 Å². The zero-order valence-corrected chi connectivity index (χ0v) is 20.9. The molecule has 33 heavy (non-hydrogen) atoms. The van der Waals surface area contributed by atoms with E-state index in [9.17, 15) is 10.1 Å². The number of carbonyl (C=O) groups excluding carboxylic acids is 1. The van der Waals surface area contributed by atoms with E-state index in [2.05, 4.69) is 26.8 Å². The topological polar surface area (TPSA) is 67.4 Å². The Bertz CT molecular complexity index is 1270. The number of esters is 1. The minimum atomic E-state index is -0.254. The van der Waals surface area contributed by atoms with Crippen LogP contribution in [0.4, 0.5) is 5.00 Å². The summed E-state index contributed by atoms with van der Waals surface area (Å²) in [6, 6.07) is 10.4. The first-order valence-electron chi connectivity index (χ1n) is 11.6. The van der Waals surface area contributed by atoms with Gasteiger partial charge in [-0.15, -0.1) is 11.3 Å². The molecule has 1 aliphatic rings. The van der Waals surface area contributed by atoms with Crippen LogP contribution in [0, 0.1) is 29.6 Å². The minimum absolute atomic E-state index is 0.166. The molecule has 0 N–H and O–H groups in total. The number of hydrogen-bond donors (Lipinski definition) is 0. The van der Waals surface area contributed by atoms with E-state index >= 15 is 0 Å². The maximum Gasteiger partial charge on any atom is 0.325 e.